The van der Waals surface area contributed by atoms with Crippen LogP contribution in [0.3, 0.4) is 0 Å². The monoisotopic (exact) mass is 792 g/mol. The van der Waals surface area contributed by atoms with Crippen LogP contribution < -0.4 is 20.4 Å². The number of anilines is 4. The molecule has 56 heavy (non-hydrogen) atoms. The number of hydrogen-bond donors (Lipinski definition) is 2. The summed E-state index contributed by atoms with van der Waals surface area (Å²) in [5.74, 6) is 5.81. The Kier molecular flexibility index (Phi) is 23.6. The highest BCUT2D eigenvalue weighted by atomic mass is 32.1. The molecule has 0 aliphatic heterocycles. The van der Waals surface area contributed by atoms with Gasteiger partial charge in [-0.3, -0.25) is 0 Å². The second-order valence-corrected chi connectivity index (χ2v) is 18.7. The van der Waals surface area contributed by atoms with Crippen LogP contribution in [-0.4, -0.2) is 62.8 Å². The molecule has 0 radical (unpaired) electrons. The van der Waals surface area contributed by atoms with Crippen molar-refractivity contribution in [2.45, 2.75) is 161 Å². The lowest BCUT2D eigenvalue weighted by atomic mass is 10.1. The Morgan fingerprint density at radius 2 is 1.18 bits per heavy atom. The van der Waals surface area contributed by atoms with E-state index in [2.05, 4.69) is 212 Å². The quantitative estimate of drug-likeness (QED) is 0.116. The van der Waals surface area contributed by atoms with Gasteiger partial charge < -0.3 is 25.0 Å². The van der Waals surface area contributed by atoms with Crippen LogP contribution in [0.15, 0.2) is 54.4 Å². The maximum Gasteiger partial charge on any atom is 0.183 e. The molecule has 4 rings (SSSR count). The lowest BCUT2D eigenvalue weighted by Gasteiger charge is -2.23. The lowest BCUT2D eigenvalue weighted by Crippen LogP contribution is -2.26. The van der Waals surface area contributed by atoms with Gasteiger partial charge in [-0.2, -0.15) is 0 Å². The predicted molar refractivity (Wildman–Crippen MR) is 248 cm³/mol. The summed E-state index contributed by atoms with van der Waals surface area (Å²) in [5.41, 5.74) is 3.73. The van der Waals surface area contributed by atoms with Gasteiger partial charge in [0.05, 0.1) is 12.0 Å². The van der Waals surface area contributed by atoms with Crippen LogP contribution in [0.5, 0.6) is 0 Å². The van der Waals surface area contributed by atoms with Crippen LogP contribution in [0.2, 0.25) is 0 Å². The van der Waals surface area contributed by atoms with Crippen molar-refractivity contribution in [2.75, 3.05) is 34.5 Å². The topological polar surface area (TPSA) is 87.0 Å². The number of aromatic nitrogens is 5. The van der Waals surface area contributed by atoms with E-state index >= 15 is 0 Å². The summed E-state index contributed by atoms with van der Waals surface area (Å²) in [4.78, 5) is 22.3. The molecule has 0 saturated heterocycles. The van der Waals surface area contributed by atoms with Gasteiger partial charge in [0.25, 0.3) is 0 Å². The van der Waals surface area contributed by atoms with Crippen molar-refractivity contribution in [1.82, 2.24) is 24.5 Å². The minimum Gasteiger partial charge on any atom is -0.367 e. The Labute approximate surface area is 347 Å². The van der Waals surface area contributed by atoms with Gasteiger partial charge in [0.15, 0.2) is 5.13 Å². The van der Waals surface area contributed by atoms with Gasteiger partial charge in [0, 0.05) is 68.3 Å². The van der Waals surface area contributed by atoms with E-state index in [0.29, 0.717) is 47.8 Å². The maximum absolute atomic E-state index is 4.66. The Morgan fingerprint density at radius 1 is 0.607 bits per heavy atom. The molecule has 0 amide bonds. The van der Waals surface area contributed by atoms with Crippen molar-refractivity contribution in [3.8, 4) is 0 Å². The van der Waals surface area contributed by atoms with Crippen LogP contribution in [0.4, 0.5) is 22.6 Å². The molecule has 0 aromatic carbocycles. The molecular formula is C46H81N9S. The van der Waals surface area contributed by atoms with Crippen molar-refractivity contribution in [3.05, 3.63) is 71.4 Å². The predicted octanol–water partition coefficient (Wildman–Crippen LogP) is 11.8. The fourth-order valence-corrected chi connectivity index (χ4v) is 6.20. The van der Waals surface area contributed by atoms with Crippen LogP contribution in [-0.2, 0) is 25.8 Å². The van der Waals surface area contributed by atoms with Gasteiger partial charge in [0.2, 0.25) is 0 Å². The number of imidazole rings is 1. The van der Waals surface area contributed by atoms with Crippen LogP contribution >= 0.6 is 11.3 Å². The molecule has 316 valence electrons. The number of pyridine rings is 2. The Balaban J connectivity index is 0.000000374. The molecule has 0 atom stereocenters. The Morgan fingerprint density at radius 3 is 1.68 bits per heavy atom. The summed E-state index contributed by atoms with van der Waals surface area (Å²) in [7, 11) is 4.17. The molecular weight excluding hydrogens is 711 g/mol. The third kappa shape index (κ3) is 22.2. The number of hydrogen-bond acceptors (Lipinski definition) is 9. The second kappa shape index (κ2) is 26.3. The summed E-state index contributed by atoms with van der Waals surface area (Å²) in [6, 6.07) is 12.5. The summed E-state index contributed by atoms with van der Waals surface area (Å²) >= 11 is 1.70. The van der Waals surface area contributed by atoms with Gasteiger partial charge in [-0.25, -0.2) is 19.9 Å². The molecule has 10 heteroatoms. The van der Waals surface area contributed by atoms with E-state index < -0.39 is 0 Å². The average molecular weight is 792 g/mol. The minimum absolute atomic E-state index is 0.447. The molecule has 0 fully saturated rings. The number of rotatable bonds is 16. The fourth-order valence-electron chi connectivity index (χ4n) is 5.33. The smallest absolute Gasteiger partial charge is 0.183 e. The molecule has 4 aromatic heterocycles. The first-order valence-corrected chi connectivity index (χ1v) is 21.9. The zero-order chi connectivity index (χ0) is 42.5. The van der Waals surface area contributed by atoms with E-state index in [4.69, 9.17) is 0 Å². The SMILES string of the molecule is CC(C)Cc1ccc(N(C)C(C)C)nc1.CC(C)Cc1cccc(N(C)C(C)C)n1.CC(C)Cc1csc(NC(C)C)n1.CC(C)Cn1cnc(NC(C)C)c1. The zero-order valence-corrected chi connectivity index (χ0v) is 39.5. The van der Waals surface area contributed by atoms with Crippen LogP contribution in [0.1, 0.15) is 128 Å². The molecule has 9 nitrogen and oxygen atoms in total. The van der Waals surface area contributed by atoms with Gasteiger partial charge in [0.1, 0.15) is 17.5 Å². The summed E-state index contributed by atoms with van der Waals surface area (Å²) in [5, 5.41) is 9.76. The molecule has 4 aromatic rings. The average Bonchev–Trinajstić information content (AvgIpc) is 3.71. The van der Waals surface area contributed by atoms with Crippen molar-refractivity contribution in [3.63, 3.8) is 0 Å². The van der Waals surface area contributed by atoms with Gasteiger partial charge in [-0.05, 0) is 122 Å². The molecule has 0 saturated carbocycles. The van der Waals surface area contributed by atoms with Gasteiger partial charge in [-0.1, -0.05) is 67.5 Å². The fraction of sp³-hybridized carbons (Fsp3) is 0.652. The van der Waals surface area contributed by atoms with Gasteiger partial charge in [-0.15, -0.1) is 11.3 Å². The van der Waals surface area contributed by atoms with Crippen molar-refractivity contribution in [2.24, 2.45) is 23.7 Å². The largest absolute Gasteiger partial charge is 0.367 e. The molecule has 0 bridgehead atoms. The van der Waals surface area contributed by atoms with E-state index in [1.165, 1.54) is 17.0 Å². The number of nitrogens with one attached hydrogen (secondary N) is 2. The third-order valence-corrected chi connectivity index (χ3v) is 9.18. The number of thiazole rings is 1. The van der Waals surface area contributed by atoms with Crippen molar-refractivity contribution >= 4 is 33.9 Å². The highest BCUT2D eigenvalue weighted by Crippen LogP contribution is 2.19. The Bertz CT molecular complexity index is 1470. The Hall–Kier alpha value is -3.66. The van der Waals surface area contributed by atoms with E-state index in [9.17, 15) is 0 Å². The van der Waals surface area contributed by atoms with E-state index in [-0.39, 0.29) is 0 Å². The lowest BCUT2D eigenvalue weighted by molar-refractivity contribution is 0.523. The first-order chi connectivity index (χ1) is 26.2. The number of nitrogens with zero attached hydrogens (tertiary/aromatic N) is 7. The highest BCUT2D eigenvalue weighted by molar-refractivity contribution is 7.13. The summed E-state index contributed by atoms with van der Waals surface area (Å²) < 4.78 is 2.12. The van der Waals surface area contributed by atoms with Crippen LogP contribution in [0.25, 0.3) is 0 Å². The molecule has 4 heterocycles. The molecule has 2 N–H and O–H groups in total. The van der Waals surface area contributed by atoms with E-state index in [1.807, 2.05) is 12.5 Å². The molecule has 0 aliphatic carbocycles. The standard InChI is InChI=1S/2C13H22N2.C10H19N3.C10H18N2S/c1-10(2)8-12-6-7-13(14-9-12)15(5)11(3)4;1-10(2)9-12-7-6-8-13(14-12)15(5)11(3)4;1-8(2)5-13-6-10(11-7-13)12-9(3)4;1-7(2)5-9-6-13-10(12-9)11-8(3)4/h6-7,9-11H,8H2,1-5H3;6-8,10-11H,9H2,1-5H3;6-9,12H,5H2,1-4H3;6-8H,5H2,1-4H3,(H,11,12). The van der Waals surface area contributed by atoms with Crippen molar-refractivity contribution in [1.29, 1.82) is 0 Å². The first-order valence-electron chi connectivity index (χ1n) is 21.0. The normalized spacial score (nSPS) is 11.2. The zero-order valence-electron chi connectivity index (χ0n) is 38.7. The molecule has 0 unspecified atom stereocenters. The van der Waals surface area contributed by atoms with Crippen LogP contribution in [0, 0.1) is 23.7 Å². The second-order valence-electron chi connectivity index (χ2n) is 17.8. The summed E-state index contributed by atoms with van der Waals surface area (Å²) in [6.45, 7) is 36.0. The van der Waals surface area contributed by atoms with E-state index in [1.54, 1.807) is 11.3 Å². The molecule has 0 spiro atoms. The maximum atomic E-state index is 4.66. The first kappa shape index (κ1) is 50.4. The summed E-state index contributed by atoms with van der Waals surface area (Å²) in [6.07, 6.45) is 9.17. The minimum atomic E-state index is 0.447. The van der Waals surface area contributed by atoms with Gasteiger partial charge >= 0.3 is 0 Å². The third-order valence-electron chi connectivity index (χ3n) is 8.36. The van der Waals surface area contributed by atoms with Crippen molar-refractivity contribution < 1.29 is 0 Å². The molecule has 0 aliphatic rings. The van der Waals surface area contributed by atoms with E-state index in [0.717, 1.165) is 48.4 Å². The highest BCUT2D eigenvalue weighted by Gasteiger charge is 2.09.